The zero-order chi connectivity index (χ0) is 20.0. The zero-order valence-corrected chi connectivity index (χ0v) is 15.8. The summed E-state index contributed by atoms with van der Waals surface area (Å²) >= 11 is 0. The largest absolute Gasteiger partial charge is 0.495 e. The summed E-state index contributed by atoms with van der Waals surface area (Å²) in [5.74, 6) is -0.373. The van der Waals surface area contributed by atoms with Crippen molar-refractivity contribution in [3.63, 3.8) is 0 Å². The summed E-state index contributed by atoms with van der Waals surface area (Å²) < 4.78 is 39.8. The van der Waals surface area contributed by atoms with Crippen LogP contribution in [0, 0.1) is 0 Å². The number of amides is 1. The number of esters is 1. The first kappa shape index (κ1) is 20.2. The third kappa shape index (κ3) is 5.45. The molecule has 8 nitrogen and oxygen atoms in total. The molecule has 0 heterocycles. The third-order valence-electron chi connectivity index (χ3n) is 3.48. The van der Waals surface area contributed by atoms with Gasteiger partial charge in [-0.05, 0) is 35.9 Å². The molecule has 0 radical (unpaired) electrons. The molecule has 0 unspecified atom stereocenters. The molecule has 27 heavy (non-hydrogen) atoms. The molecule has 2 aromatic rings. The van der Waals surface area contributed by atoms with Crippen LogP contribution in [0.1, 0.15) is 12.5 Å². The van der Waals surface area contributed by atoms with Crippen LogP contribution in [0.4, 0.5) is 5.69 Å². The molecule has 0 bridgehead atoms. The van der Waals surface area contributed by atoms with Gasteiger partial charge in [0, 0.05) is 6.92 Å². The molecule has 0 aromatic heterocycles. The molecule has 0 spiro atoms. The molecule has 9 heteroatoms. The fraction of sp³-hybridized carbons (Fsp3) is 0.222. The number of carbonyl (C=O) groups excluding carboxylic acids is 2. The van der Waals surface area contributed by atoms with Crippen molar-refractivity contribution in [1.82, 2.24) is 0 Å². The summed E-state index contributed by atoms with van der Waals surface area (Å²) in [5, 5.41) is 2.50. The normalized spacial score (nSPS) is 10.8. The smallest absolute Gasteiger partial charge is 0.339 e. The van der Waals surface area contributed by atoms with Crippen LogP contribution in [0.25, 0.3) is 0 Å². The van der Waals surface area contributed by atoms with E-state index in [-0.39, 0.29) is 28.7 Å². The summed E-state index contributed by atoms with van der Waals surface area (Å²) in [5.41, 5.74) is 0.868. The number of anilines is 1. The number of methoxy groups -OCH3 is 2. The Bertz CT molecular complexity index is 937. The van der Waals surface area contributed by atoms with E-state index in [1.54, 1.807) is 12.1 Å². The van der Waals surface area contributed by atoms with Crippen molar-refractivity contribution in [3.05, 3.63) is 48.0 Å². The van der Waals surface area contributed by atoms with E-state index in [0.717, 1.165) is 0 Å². The van der Waals surface area contributed by atoms with E-state index >= 15 is 0 Å². The van der Waals surface area contributed by atoms with E-state index in [1.807, 2.05) is 0 Å². The van der Waals surface area contributed by atoms with Crippen LogP contribution >= 0.6 is 0 Å². The second-order valence-electron chi connectivity index (χ2n) is 5.48. The summed E-state index contributed by atoms with van der Waals surface area (Å²) in [7, 11) is -1.44. The lowest BCUT2D eigenvalue weighted by atomic mass is 10.1. The fourth-order valence-corrected chi connectivity index (χ4v) is 3.16. The highest BCUT2D eigenvalue weighted by Crippen LogP contribution is 2.29. The van der Waals surface area contributed by atoms with Crippen molar-refractivity contribution in [1.29, 1.82) is 0 Å². The summed E-state index contributed by atoms with van der Waals surface area (Å²) in [6, 6.07) is 9.99. The second-order valence-corrected chi connectivity index (χ2v) is 7.02. The number of benzene rings is 2. The maximum atomic E-state index is 12.5. The first-order chi connectivity index (χ1) is 12.7. The highest BCUT2D eigenvalue weighted by Gasteiger charge is 2.19. The minimum atomic E-state index is -4.14. The molecule has 0 saturated heterocycles. The van der Waals surface area contributed by atoms with Gasteiger partial charge in [-0.3, -0.25) is 9.59 Å². The van der Waals surface area contributed by atoms with Gasteiger partial charge in [-0.15, -0.1) is 0 Å². The van der Waals surface area contributed by atoms with Crippen LogP contribution in [0.5, 0.6) is 11.5 Å². The van der Waals surface area contributed by atoms with Gasteiger partial charge >= 0.3 is 16.1 Å². The van der Waals surface area contributed by atoms with Crippen molar-refractivity contribution < 1.29 is 31.7 Å². The second kappa shape index (κ2) is 8.54. The van der Waals surface area contributed by atoms with Gasteiger partial charge in [-0.2, -0.15) is 8.42 Å². The number of ether oxygens (including phenoxy) is 2. The average Bonchev–Trinajstić information content (AvgIpc) is 2.62. The minimum absolute atomic E-state index is 0.0715. The third-order valence-corrected chi connectivity index (χ3v) is 4.72. The maximum absolute atomic E-state index is 12.5. The SMILES string of the molecule is COC(=O)Cc1ccc(OS(=O)(=O)c2ccc(OC)c(NC(C)=O)c2)cc1. The van der Waals surface area contributed by atoms with E-state index < -0.39 is 16.1 Å². The van der Waals surface area contributed by atoms with Gasteiger partial charge in [-0.1, -0.05) is 12.1 Å². The van der Waals surface area contributed by atoms with E-state index in [1.165, 1.54) is 51.5 Å². The Morgan fingerprint density at radius 2 is 1.70 bits per heavy atom. The Labute approximate surface area is 157 Å². The number of rotatable bonds is 7. The van der Waals surface area contributed by atoms with Gasteiger partial charge in [-0.25, -0.2) is 0 Å². The molecule has 1 amide bonds. The van der Waals surface area contributed by atoms with E-state index in [0.29, 0.717) is 11.3 Å². The van der Waals surface area contributed by atoms with E-state index in [9.17, 15) is 18.0 Å². The van der Waals surface area contributed by atoms with Gasteiger partial charge < -0.3 is 19.0 Å². The quantitative estimate of drug-likeness (QED) is 0.567. The van der Waals surface area contributed by atoms with Crippen molar-refractivity contribution >= 4 is 27.7 Å². The topological polar surface area (TPSA) is 108 Å². The molecule has 0 aliphatic carbocycles. The standard InChI is InChI=1S/C18H19NO7S/c1-12(20)19-16-11-15(8-9-17(16)24-2)27(22,23)26-14-6-4-13(5-7-14)10-18(21)25-3/h4-9,11H,10H2,1-3H3,(H,19,20). The van der Waals surface area contributed by atoms with Gasteiger partial charge in [0.1, 0.15) is 16.4 Å². The van der Waals surface area contributed by atoms with Gasteiger partial charge in [0.05, 0.1) is 26.3 Å². The summed E-state index contributed by atoms with van der Waals surface area (Å²) in [6.07, 6.45) is 0.0715. The molecule has 0 saturated carbocycles. The molecular formula is C18H19NO7S. The molecule has 0 atom stereocenters. The van der Waals surface area contributed by atoms with Crippen molar-refractivity contribution in [3.8, 4) is 11.5 Å². The molecule has 0 aliphatic rings. The lowest BCUT2D eigenvalue weighted by Crippen LogP contribution is -2.12. The molecule has 2 aromatic carbocycles. The first-order valence-corrected chi connectivity index (χ1v) is 9.22. The number of hydrogen-bond acceptors (Lipinski definition) is 7. The lowest BCUT2D eigenvalue weighted by molar-refractivity contribution is -0.139. The molecule has 1 N–H and O–H groups in total. The first-order valence-electron chi connectivity index (χ1n) is 7.81. The van der Waals surface area contributed by atoms with Crippen LogP contribution in [0.2, 0.25) is 0 Å². The lowest BCUT2D eigenvalue weighted by Gasteiger charge is -2.12. The number of nitrogens with one attached hydrogen (secondary N) is 1. The monoisotopic (exact) mass is 393 g/mol. The molecular weight excluding hydrogens is 374 g/mol. The molecule has 0 aliphatic heterocycles. The van der Waals surface area contributed by atoms with Crippen molar-refractivity contribution in [2.24, 2.45) is 0 Å². The molecule has 144 valence electrons. The average molecular weight is 393 g/mol. The highest BCUT2D eigenvalue weighted by molar-refractivity contribution is 7.87. The van der Waals surface area contributed by atoms with Gasteiger partial charge in [0.25, 0.3) is 0 Å². The van der Waals surface area contributed by atoms with Crippen LogP contribution in [0.3, 0.4) is 0 Å². The zero-order valence-electron chi connectivity index (χ0n) is 15.0. The molecule has 0 fully saturated rings. The predicted octanol–water partition coefficient (Wildman–Crippen LogP) is 2.14. The van der Waals surface area contributed by atoms with Gasteiger partial charge in [0.15, 0.2) is 0 Å². The maximum Gasteiger partial charge on any atom is 0.339 e. The predicted molar refractivity (Wildman–Crippen MR) is 97.3 cm³/mol. The Morgan fingerprint density at radius 3 is 2.26 bits per heavy atom. The van der Waals surface area contributed by atoms with Gasteiger partial charge in [0.2, 0.25) is 5.91 Å². The van der Waals surface area contributed by atoms with E-state index in [2.05, 4.69) is 10.1 Å². The number of hydrogen-bond donors (Lipinski definition) is 1. The Morgan fingerprint density at radius 1 is 1.04 bits per heavy atom. The Balaban J connectivity index is 2.23. The van der Waals surface area contributed by atoms with Crippen molar-refractivity contribution in [2.45, 2.75) is 18.2 Å². The van der Waals surface area contributed by atoms with Crippen LogP contribution in [0.15, 0.2) is 47.4 Å². The van der Waals surface area contributed by atoms with Crippen LogP contribution < -0.4 is 14.2 Å². The van der Waals surface area contributed by atoms with Crippen molar-refractivity contribution in [2.75, 3.05) is 19.5 Å². The Kier molecular flexibility index (Phi) is 6.40. The van der Waals surface area contributed by atoms with Crippen LogP contribution in [-0.4, -0.2) is 34.5 Å². The highest BCUT2D eigenvalue weighted by atomic mass is 32.2. The number of carbonyl (C=O) groups is 2. The minimum Gasteiger partial charge on any atom is -0.495 e. The molecule has 2 rings (SSSR count). The summed E-state index contributed by atoms with van der Waals surface area (Å²) in [4.78, 5) is 22.4. The Hall–Kier alpha value is -3.07. The van der Waals surface area contributed by atoms with E-state index in [4.69, 9.17) is 8.92 Å². The summed E-state index contributed by atoms with van der Waals surface area (Å²) in [6.45, 7) is 1.30. The van der Waals surface area contributed by atoms with Crippen LogP contribution in [-0.2, 0) is 30.9 Å². The fourth-order valence-electron chi connectivity index (χ4n) is 2.21.